The lowest BCUT2D eigenvalue weighted by atomic mass is 10.1. The summed E-state index contributed by atoms with van der Waals surface area (Å²) in [6.07, 6.45) is 0.815. The molecule has 7 nitrogen and oxygen atoms in total. The predicted molar refractivity (Wildman–Crippen MR) is 88.3 cm³/mol. The number of hydrogen-bond donors (Lipinski definition) is 2. The van der Waals surface area contributed by atoms with Gasteiger partial charge in [-0.3, -0.25) is 20.3 Å². The van der Waals surface area contributed by atoms with E-state index in [0.717, 1.165) is 17.7 Å². The van der Waals surface area contributed by atoms with E-state index >= 15 is 0 Å². The van der Waals surface area contributed by atoms with Crippen molar-refractivity contribution in [2.45, 2.75) is 19.3 Å². The van der Waals surface area contributed by atoms with E-state index in [2.05, 4.69) is 22.0 Å². The van der Waals surface area contributed by atoms with Gasteiger partial charge in [0.2, 0.25) is 5.91 Å². The van der Waals surface area contributed by atoms with E-state index in [-0.39, 0.29) is 17.7 Å². The lowest BCUT2D eigenvalue weighted by Crippen LogP contribution is -2.32. The highest BCUT2D eigenvalue weighted by Gasteiger charge is 2.44. The third-order valence-electron chi connectivity index (χ3n) is 4.31. The number of aryl methyl sites for hydroxylation is 2. The molecule has 1 aromatic carbocycles. The summed E-state index contributed by atoms with van der Waals surface area (Å²) in [5, 5.41) is 13.3. The third-order valence-corrected chi connectivity index (χ3v) is 4.31. The number of ether oxygens (including phenoxy) is 1. The second-order valence-corrected chi connectivity index (χ2v) is 5.88. The van der Waals surface area contributed by atoms with Crippen LogP contribution in [0.4, 0.5) is 5.82 Å². The Morgan fingerprint density at radius 1 is 1.42 bits per heavy atom. The van der Waals surface area contributed by atoms with Crippen LogP contribution in [0.2, 0.25) is 0 Å². The van der Waals surface area contributed by atoms with Gasteiger partial charge in [0, 0.05) is 13.0 Å². The lowest BCUT2D eigenvalue weighted by Gasteiger charge is -2.09. The molecule has 2 atom stereocenters. The summed E-state index contributed by atoms with van der Waals surface area (Å²) in [6, 6.07) is 9.87. The van der Waals surface area contributed by atoms with Crippen molar-refractivity contribution in [1.82, 2.24) is 15.2 Å². The van der Waals surface area contributed by atoms with Gasteiger partial charge in [-0.05, 0) is 37.0 Å². The van der Waals surface area contributed by atoms with Crippen molar-refractivity contribution in [3.05, 3.63) is 41.1 Å². The van der Waals surface area contributed by atoms with E-state index < -0.39 is 0 Å². The number of carbonyl (C=O) groups is 1. The molecule has 2 aromatic rings. The molecule has 0 bridgehead atoms. The number of rotatable bonds is 5. The van der Waals surface area contributed by atoms with Crippen molar-refractivity contribution < 1.29 is 9.53 Å². The van der Waals surface area contributed by atoms with Crippen LogP contribution in [0.3, 0.4) is 0 Å². The summed E-state index contributed by atoms with van der Waals surface area (Å²) in [7, 11) is 3.35. The highest BCUT2D eigenvalue weighted by atomic mass is 16.5. The molecule has 1 fully saturated rings. The molecule has 124 valence electrons. The zero-order chi connectivity index (χ0) is 17.3. The minimum absolute atomic E-state index is 0.0641. The average molecular weight is 325 g/mol. The molecular formula is C17H19N5O2. The maximum atomic E-state index is 12.3. The van der Waals surface area contributed by atoms with Crippen molar-refractivity contribution in [1.29, 1.82) is 5.26 Å². The van der Waals surface area contributed by atoms with Crippen LogP contribution in [-0.2, 0) is 11.8 Å². The zero-order valence-electron chi connectivity index (χ0n) is 13.8. The summed E-state index contributed by atoms with van der Waals surface area (Å²) >= 11 is 0. The van der Waals surface area contributed by atoms with Crippen LogP contribution >= 0.6 is 0 Å². The van der Waals surface area contributed by atoms with Gasteiger partial charge in [0.25, 0.3) is 0 Å². The first-order chi connectivity index (χ1) is 11.5. The summed E-state index contributed by atoms with van der Waals surface area (Å²) in [5.74, 6) is 1.37. The fourth-order valence-corrected chi connectivity index (χ4v) is 2.85. The molecule has 1 amide bonds. The van der Waals surface area contributed by atoms with E-state index in [1.165, 1.54) is 0 Å². The maximum absolute atomic E-state index is 12.3. The number of hydrogen-bond acceptors (Lipinski definition) is 5. The molecule has 1 aliphatic carbocycles. The van der Waals surface area contributed by atoms with E-state index in [0.29, 0.717) is 17.1 Å². The molecule has 0 radical (unpaired) electrons. The van der Waals surface area contributed by atoms with Crippen molar-refractivity contribution in [2.24, 2.45) is 13.0 Å². The highest BCUT2D eigenvalue weighted by molar-refractivity contribution is 5.84. The Kier molecular flexibility index (Phi) is 4.13. The third kappa shape index (κ3) is 2.91. The number of anilines is 1. The summed E-state index contributed by atoms with van der Waals surface area (Å²) in [6.45, 7) is 1.76. The molecule has 1 saturated carbocycles. The Morgan fingerprint density at radius 2 is 2.12 bits per heavy atom. The van der Waals surface area contributed by atoms with Gasteiger partial charge in [0.15, 0.2) is 5.82 Å². The smallest absolute Gasteiger partial charge is 0.242 e. The number of benzene rings is 1. The normalized spacial score (nSPS) is 18.6. The number of aromatic nitrogens is 2. The van der Waals surface area contributed by atoms with E-state index in [9.17, 15) is 4.79 Å². The molecule has 2 N–H and O–H groups in total. The average Bonchev–Trinajstić information content (AvgIpc) is 3.33. The molecular weight excluding hydrogens is 306 g/mol. The van der Waals surface area contributed by atoms with Crippen molar-refractivity contribution in [2.75, 3.05) is 12.5 Å². The largest absolute Gasteiger partial charge is 0.497 e. The van der Waals surface area contributed by atoms with Gasteiger partial charge in [-0.2, -0.15) is 10.4 Å². The van der Waals surface area contributed by atoms with Crippen LogP contribution in [0.1, 0.15) is 29.2 Å². The van der Waals surface area contributed by atoms with Crippen molar-refractivity contribution in [3.8, 4) is 11.8 Å². The Bertz CT molecular complexity index is 804. The molecule has 2 unspecified atom stereocenters. The number of hydrazine groups is 1. The Balaban J connectivity index is 1.60. The van der Waals surface area contributed by atoms with Gasteiger partial charge in [-0.1, -0.05) is 12.1 Å². The number of nitriles is 1. The first-order valence-corrected chi connectivity index (χ1v) is 7.68. The molecule has 1 aromatic heterocycles. The summed E-state index contributed by atoms with van der Waals surface area (Å²) < 4.78 is 6.69. The maximum Gasteiger partial charge on any atom is 0.242 e. The van der Waals surface area contributed by atoms with Crippen LogP contribution in [0.15, 0.2) is 24.3 Å². The Morgan fingerprint density at radius 3 is 2.75 bits per heavy atom. The van der Waals surface area contributed by atoms with Gasteiger partial charge >= 0.3 is 0 Å². The number of carbonyl (C=O) groups excluding carboxylic acids is 1. The van der Waals surface area contributed by atoms with E-state index in [4.69, 9.17) is 10.00 Å². The molecule has 0 saturated heterocycles. The quantitative estimate of drug-likeness (QED) is 0.819. The first kappa shape index (κ1) is 15.9. The topological polar surface area (TPSA) is 92.0 Å². The number of amides is 1. The fraction of sp³-hybridized carbons (Fsp3) is 0.353. The lowest BCUT2D eigenvalue weighted by molar-refractivity contribution is -0.121. The molecule has 3 rings (SSSR count). The van der Waals surface area contributed by atoms with E-state index in [1.54, 1.807) is 25.8 Å². The number of nitrogens with zero attached hydrogens (tertiary/aromatic N) is 3. The standard InChI is InChI=1S/C17H19N5O2/c1-10-15(9-18)16(22(2)21-10)19-20-17(23)14-8-13(14)11-4-6-12(24-3)7-5-11/h4-7,13-14,19H,8H2,1-3H3,(H,20,23). The Labute approximate surface area is 140 Å². The molecule has 0 aliphatic heterocycles. The van der Waals surface area contributed by atoms with Crippen LogP contribution in [-0.4, -0.2) is 22.8 Å². The molecule has 1 aliphatic rings. The monoisotopic (exact) mass is 325 g/mol. The van der Waals surface area contributed by atoms with Gasteiger partial charge in [-0.25, -0.2) is 0 Å². The van der Waals surface area contributed by atoms with E-state index in [1.807, 2.05) is 24.3 Å². The first-order valence-electron chi connectivity index (χ1n) is 7.68. The second-order valence-electron chi connectivity index (χ2n) is 5.88. The summed E-state index contributed by atoms with van der Waals surface area (Å²) in [4.78, 5) is 12.3. The van der Waals surface area contributed by atoms with Gasteiger partial charge in [0.05, 0.1) is 12.8 Å². The molecule has 0 spiro atoms. The second kappa shape index (κ2) is 6.24. The van der Waals surface area contributed by atoms with Crippen LogP contribution in [0.25, 0.3) is 0 Å². The molecule has 1 heterocycles. The van der Waals surface area contributed by atoms with Crippen molar-refractivity contribution in [3.63, 3.8) is 0 Å². The SMILES string of the molecule is COc1ccc(C2CC2C(=O)NNc2c(C#N)c(C)nn2C)cc1. The van der Waals surface area contributed by atoms with Crippen LogP contribution in [0, 0.1) is 24.2 Å². The van der Waals surface area contributed by atoms with Gasteiger partial charge in [-0.15, -0.1) is 0 Å². The number of methoxy groups -OCH3 is 1. The van der Waals surface area contributed by atoms with Gasteiger partial charge < -0.3 is 4.74 Å². The zero-order valence-corrected chi connectivity index (χ0v) is 13.8. The molecule has 7 heteroatoms. The number of nitrogens with one attached hydrogen (secondary N) is 2. The molecule has 24 heavy (non-hydrogen) atoms. The minimum Gasteiger partial charge on any atom is -0.497 e. The van der Waals surface area contributed by atoms with Gasteiger partial charge in [0.1, 0.15) is 17.4 Å². The minimum atomic E-state index is -0.0847. The fourth-order valence-electron chi connectivity index (χ4n) is 2.85. The van der Waals surface area contributed by atoms with Crippen LogP contribution < -0.4 is 15.6 Å². The Hall–Kier alpha value is -3.01. The predicted octanol–water partition coefficient (Wildman–Crippen LogP) is 1.86. The highest BCUT2D eigenvalue weighted by Crippen LogP contribution is 2.47. The van der Waals surface area contributed by atoms with Crippen molar-refractivity contribution >= 4 is 11.7 Å². The van der Waals surface area contributed by atoms with Crippen LogP contribution in [0.5, 0.6) is 5.75 Å². The summed E-state index contributed by atoms with van der Waals surface area (Å²) in [5.41, 5.74) is 7.69.